The van der Waals surface area contributed by atoms with Crippen molar-refractivity contribution in [1.29, 1.82) is 0 Å². The molecule has 126 valence electrons. The monoisotopic (exact) mass is 330 g/mol. The fourth-order valence-corrected chi connectivity index (χ4v) is 2.46. The number of benzene rings is 1. The Labute approximate surface area is 138 Å². The van der Waals surface area contributed by atoms with Gasteiger partial charge in [-0.1, -0.05) is 6.07 Å². The number of aromatic nitrogens is 2. The van der Waals surface area contributed by atoms with E-state index in [4.69, 9.17) is 4.74 Å². The zero-order valence-electron chi connectivity index (χ0n) is 13.1. The maximum Gasteiger partial charge on any atom is 0.248 e. The number of carbonyl (C=O) groups excluding carboxylic acids is 1. The van der Waals surface area contributed by atoms with Crippen LogP contribution in [0.25, 0.3) is 0 Å². The molecule has 1 aromatic carbocycles. The van der Waals surface area contributed by atoms with Gasteiger partial charge in [-0.05, 0) is 19.1 Å². The van der Waals surface area contributed by atoms with Crippen molar-refractivity contribution in [3.05, 3.63) is 42.0 Å². The Kier molecular flexibility index (Phi) is 4.37. The van der Waals surface area contributed by atoms with Crippen LogP contribution in [0.2, 0.25) is 0 Å². The van der Waals surface area contributed by atoms with Crippen LogP contribution in [0.3, 0.4) is 0 Å². The molecular weight excluding hydrogens is 312 g/mol. The first-order chi connectivity index (χ1) is 11.6. The maximum absolute atomic E-state index is 12.3. The summed E-state index contributed by atoms with van der Waals surface area (Å²) in [6.07, 6.45) is 3.46. The molecule has 3 rings (SSSR count). The van der Waals surface area contributed by atoms with Gasteiger partial charge in [0, 0.05) is 24.9 Å². The smallest absolute Gasteiger partial charge is 0.248 e. The zero-order valence-corrected chi connectivity index (χ0v) is 13.1. The normalized spacial score (nSPS) is 19.6. The molecule has 1 aromatic heterocycles. The van der Waals surface area contributed by atoms with Gasteiger partial charge in [-0.25, -0.2) is 9.98 Å². The highest BCUT2D eigenvalue weighted by molar-refractivity contribution is 6.01. The minimum absolute atomic E-state index is 0.143. The van der Waals surface area contributed by atoms with Gasteiger partial charge in [-0.15, -0.1) is 0 Å². The Bertz CT molecular complexity index is 757. The number of rotatable bonds is 5. The van der Waals surface area contributed by atoms with Crippen LogP contribution in [0.15, 0.2) is 35.7 Å². The molecule has 1 aliphatic heterocycles. The van der Waals surface area contributed by atoms with Crippen LogP contribution < -0.4 is 5.32 Å². The summed E-state index contributed by atoms with van der Waals surface area (Å²) in [5.74, 6) is -0.691. The van der Waals surface area contributed by atoms with E-state index in [2.05, 4.69) is 20.3 Å². The Morgan fingerprint density at radius 3 is 3.00 bits per heavy atom. The minimum Gasteiger partial charge on any atom is -0.504 e. The molecule has 0 radical (unpaired) electrons. The highest BCUT2D eigenvalue weighted by Gasteiger charge is 2.34. The Morgan fingerprint density at radius 1 is 1.42 bits per heavy atom. The number of imidazole rings is 1. The summed E-state index contributed by atoms with van der Waals surface area (Å²) in [7, 11) is 0. The number of nitrogens with one attached hydrogen (secondary N) is 2. The number of nitrogens with zero attached hydrogens (tertiary/aromatic N) is 2. The lowest BCUT2D eigenvalue weighted by molar-refractivity contribution is -0.123. The molecule has 0 bridgehead atoms. The second-order valence-electron chi connectivity index (χ2n) is 5.49. The molecule has 2 aromatic rings. The molecule has 4 N–H and O–H groups in total. The lowest BCUT2D eigenvalue weighted by atomic mass is 10.2. The molecule has 0 unspecified atom stereocenters. The van der Waals surface area contributed by atoms with Crippen LogP contribution in [0.1, 0.15) is 18.2 Å². The topological polar surface area (TPSA) is 120 Å². The number of aromatic hydroxyl groups is 2. The van der Waals surface area contributed by atoms with Crippen molar-refractivity contribution in [3.8, 4) is 11.5 Å². The van der Waals surface area contributed by atoms with E-state index in [0.717, 1.165) is 5.69 Å². The van der Waals surface area contributed by atoms with Gasteiger partial charge in [0.2, 0.25) is 11.8 Å². The first-order valence-corrected chi connectivity index (χ1v) is 7.57. The number of hydrogen-bond donors (Lipinski definition) is 4. The molecule has 0 aliphatic carbocycles. The Morgan fingerprint density at radius 2 is 2.25 bits per heavy atom. The van der Waals surface area contributed by atoms with E-state index in [0.29, 0.717) is 13.0 Å². The number of hydrogen-bond acceptors (Lipinski definition) is 6. The lowest BCUT2D eigenvalue weighted by Crippen LogP contribution is -2.39. The molecule has 0 saturated carbocycles. The zero-order chi connectivity index (χ0) is 17.1. The van der Waals surface area contributed by atoms with Gasteiger partial charge in [0.15, 0.2) is 17.5 Å². The molecule has 2 heterocycles. The van der Waals surface area contributed by atoms with Crippen molar-refractivity contribution in [2.45, 2.75) is 25.5 Å². The Balaban J connectivity index is 1.66. The second kappa shape index (κ2) is 6.61. The van der Waals surface area contributed by atoms with Gasteiger partial charge in [-0.2, -0.15) is 0 Å². The Hall–Kier alpha value is -3.03. The van der Waals surface area contributed by atoms with Crippen molar-refractivity contribution in [2.75, 3.05) is 6.54 Å². The van der Waals surface area contributed by atoms with Crippen LogP contribution in [-0.4, -0.2) is 50.7 Å². The minimum atomic E-state index is -0.705. The highest BCUT2D eigenvalue weighted by Crippen LogP contribution is 2.31. The molecule has 24 heavy (non-hydrogen) atoms. The van der Waals surface area contributed by atoms with Crippen molar-refractivity contribution in [2.24, 2.45) is 4.99 Å². The number of aromatic amines is 1. The van der Waals surface area contributed by atoms with Crippen molar-refractivity contribution in [3.63, 3.8) is 0 Å². The third-order valence-corrected chi connectivity index (χ3v) is 3.76. The van der Waals surface area contributed by atoms with Gasteiger partial charge in [0.1, 0.15) is 6.10 Å². The molecule has 1 amide bonds. The first-order valence-electron chi connectivity index (χ1n) is 7.57. The van der Waals surface area contributed by atoms with Gasteiger partial charge in [0.05, 0.1) is 11.9 Å². The molecular formula is C16H18N4O4. The van der Waals surface area contributed by atoms with E-state index in [-0.39, 0.29) is 28.9 Å². The van der Waals surface area contributed by atoms with Crippen LogP contribution in [0.4, 0.5) is 0 Å². The number of amides is 1. The summed E-state index contributed by atoms with van der Waals surface area (Å²) >= 11 is 0. The lowest BCUT2D eigenvalue weighted by Gasteiger charge is -2.12. The SMILES string of the molecule is C[C@H]1OC(c2cccc(O)c2O)=N[C@@H]1C(=O)NCCc1cnc[nH]1. The van der Waals surface area contributed by atoms with Crippen LogP contribution in [0.5, 0.6) is 11.5 Å². The molecule has 2 atom stereocenters. The summed E-state index contributed by atoms with van der Waals surface area (Å²) in [5, 5.41) is 22.3. The van der Waals surface area contributed by atoms with E-state index in [1.54, 1.807) is 31.6 Å². The van der Waals surface area contributed by atoms with Crippen molar-refractivity contribution >= 4 is 11.8 Å². The van der Waals surface area contributed by atoms with E-state index in [9.17, 15) is 15.0 Å². The number of carbonyl (C=O) groups is 1. The van der Waals surface area contributed by atoms with E-state index >= 15 is 0 Å². The third kappa shape index (κ3) is 3.17. The largest absolute Gasteiger partial charge is 0.504 e. The summed E-state index contributed by atoms with van der Waals surface area (Å²) in [4.78, 5) is 23.4. The number of H-pyrrole nitrogens is 1. The van der Waals surface area contributed by atoms with Gasteiger partial charge >= 0.3 is 0 Å². The van der Waals surface area contributed by atoms with Crippen LogP contribution >= 0.6 is 0 Å². The third-order valence-electron chi connectivity index (χ3n) is 3.76. The van der Waals surface area contributed by atoms with Crippen LogP contribution in [0, 0.1) is 0 Å². The predicted molar refractivity (Wildman–Crippen MR) is 85.9 cm³/mol. The number of phenols is 2. The van der Waals surface area contributed by atoms with Crippen molar-refractivity contribution in [1.82, 2.24) is 15.3 Å². The van der Waals surface area contributed by atoms with E-state index in [1.165, 1.54) is 6.07 Å². The van der Waals surface area contributed by atoms with Gasteiger partial charge < -0.3 is 25.3 Å². The molecule has 1 aliphatic rings. The first kappa shape index (κ1) is 15.9. The molecule has 8 heteroatoms. The number of aliphatic imine (C=N–C) groups is 1. The standard InChI is InChI=1S/C16H18N4O4/c1-9-13(15(23)18-6-5-10-7-17-8-19-10)20-16(24-9)11-3-2-4-12(21)14(11)22/h2-4,7-9,13,21-22H,5-6H2,1H3,(H,17,19)(H,18,23)/t9-,13+/m1/s1. The van der Waals surface area contributed by atoms with Crippen molar-refractivity contribution < 1.29 is 19.7 Å². The van der Waals surface area contributed by atoms with Gasteiger partial charge in [0.25, 0.3) is 0 Å². The highest BCUT2D eigenvalue weighted by atomic mass is 16.5. The molecule has 0 spiro atoms. The molecule has 0 fully saturated rings. The second-order valence-corrected chi connectivity index (χ2v) is 5.49. The maximum atomic E-state index is 12.3. The number of para-hydroxylation sites is 1. The number of ether oxygens (including phenoxy) is 1. The van der Waals surface area contributed by atoms with Crippen LogP contribution in [-0.2, 0) is 16.0 Å². The number of phenolic OH excluding ortho intramolecular Hbond substituents is 2. The molecule has 0 saturated heterocycles. The quantitative estimate of drug-likeness (QED) is 0.602. The van der Waals surface area contributed by atoms with E-state index < -0.39 is 12.1 Å². The summed E-state index contributed by atoms with van der Waals surface area (Å²) in [5.41, 5.74) is 1.19. The summed E-state index contributed by atoms with van der Waals surface area (Å²) in [6.45, 7) is 2.18. The fourth-order valence-electron chi connectivity index (χ4n) is 2.46. The predicted octanol–water partition coefficient (Wildman–Crippen LogP) is 0.714. The molecule has 8 nitrogen and oxygen atoms in total. The summed E-state index contributed by atoms with van der Waals surface area (Å²) < 4.78 is 5.57. The van der Waals surface area contributed by atoms with E-state index in [1.807, 2.05) is 0 Å². The van der Waals surface area contributed by atoms with Gasteiger partial charge in [-0.3, -0.25) is 4.79 Å². The summed E-state index contributed by atoms with van der Waals surface area (Å²) in [6, 6.07) is 3.79. The fraction of sp³-hybridized carbons (Fsp3) is 0.312. The average Bonchev–Trinajstić information content (AvgIpc) is 3.19. The average molecular weight is 330 g/mol.